The summed E-state index contributed by atoms with van der Waals surface area (Å²) < 4.78 is 0. The van der Waals surface area contributed by atoms with Gasteiger partial charge in [0, 0.05) is 11.3 Å². The van der Waals surface area contributed by atoms with E-state index < -0.39 is 0 Å². The highest BCUT2D eigenvalue weighted by Gasteiger charge is 2.28. The fourth-order valence-electron chi connectivity index (χ4n) is 3.15. The summed E-state index contributed by atoms with van der Waals surface area (Å²) in [6.07, 6.45) is 8.15. The molecule has 1 nitrogen and oxygen atoms in total. The molecule has 18 heavy (non-hydrogen) atoms. The average molecular weight is 261 g/mol. The molecule has 0 bridgehead atoms. The minimum Gasteiger partial charge on any atom is -0.323 e. The van der Waals surface area contributed by atoms with Crippen LogP contribution in [0, 0.1) is 0 Å². The molecule has 1 aliphatic heterocycles. The van der Waals surface area contributed by atoms with Crippen LogP contribution in [0.25, 0.3) is 0 Å². The van der Waals surface area contributed by atoms with Crippen LogP contribution in [0.1, 0.15) is 61.6 Å². The normalized spacial score (nSPS) is 26.6. The molecule has 98 valence electrons. The van der Waals surface area contributed by atoms with Crippen LogP contribution in [-0.2, 0) is 0 Å². The van der Waals surface area contributed by atoms with Crippen molar-refractivity contribution in [2.75, 3.05) is 5.75 Å². The SMILES string of the molecule is NC(c1ccccc1C1CCC1)C1CCCCS1. The van der Waals surface area contributed by atoms with Gasteiger partial charge in [0.2, 0.25) is 0 Å². The maximum absolute atomic E-state index is 6.57. The summed E-state index contributed by atoms with van der Waals surface area (Å²) in [5.74, 6) is 2.09. The Bertz CT molecular complexity index is 394. The standard InChI is InChI=1S/C16H23NS/c17-16(15-10-3-4-11-18-15)14-9-2-1-8-13(14)12-6-5-7-12/h1-2,8-9,12,15-16H,3-7,10-11,17H2. The zero-order valence-corrected chi connectivity index (χ0v) is 11.8. The van der Waals surface area contributed by atoms with E-state index in [1.807, 2.05) is 0 Å². The van der Waals surface area contributed by atoms with Crippen LogP contribution < -0.4 is 5.73 Å². The Morgan fingerprint density at radius 3 is 2.56 bits per heavy atom. The second kappa shape index (κ2) is 5.66. The minimum absolute atomic E-state index is 0.243. The van der Waals surface area contributed by atoms with Gasteiger partial charge in [0.05, 0.1) is 0 Å². The summed E-state index contributed by atoms with van der Waals surface area (Å²) >= 11 is 2.09. The van der Waals surface area contributed by atoms with Crippen molar-refractivity contribution in [1.29, 1.82) is 0 Å². The van der Waals surface area contributed by atoms with Gasteiger partial charge in [0.25, 0.3) is 0 Å². The molecule has 0 radical (unpaired) electrons. The van der Waals surface area contributed by atoms with E-state index in [1.54, 1.807) is 5.56 Å². The highest BCUT2D eigenvalue weighted by molar-refractivity contribution is 8.00. The van der Waals surface area contributed by atoms with Gasteiger partial charge in [0.1, 0.15) is 0 Å². The van der Waals surface area contributed by atoms with Crippen LogP contribution in [0.3, 0.4) is 0 Å². The first-order chi connectivity index (χ1) is 8.86. The van der Waals surface area contributed by atoms with Gasteiger partial charge in [0.15, 0.2) is 0 Å². The Hall–Kier alpha value is -0.470. The van der Waals surface area contributed by atoms with Crippen molar-refractivity contribution in [3.63, 3.8) is 0 Å². The summed E-state index contributed by atoms with van der Waals surface area (Å²) in [6, 6.07) is 9.16. The van der Waals surface area contributed by atoms with Crippen molar-refractivity contribution >= 4 is 11.8 Å². The second-order valence-corrected chi connectivity index (χ2v) is 7.03. The maximum atomic E-state index is 6.57. The zero-order chi connectivity index (χ0) is 12.4. The van der Waals surface area contributed by atoms with Gasteiger partial charge in [-0.2, -0.15) is 11.8 Å². The lowest BCUT2D eigenvalue weighted by Crippen LogP contribution is -2.28. The molecule has 2 unspecified atom stereocenters. The first-order valence-corrected chi connectivity index (χ1v) is 8.37. The van der Waals surface area contributed by atoms with Crippen LogP contribution >= 0.6 is 11.8 Å². The molecule has 1 heterocycles. The first-order valence-electron chi connectivity index (χ1n) is 7.32. The smallest absolute Gasteiger partial charge is 0.0418 e. The Morgan fingerprint density at radius 2 is 1.89 bits per heavy atom. The lowest BCUT2D eigenvalue weighted by Gasteiger charge is -2.33. The third-order valence-corrected chi connectivity index (χ3v) is 6.00. The number of hydrogen-bond donors (Lipinski definition) is 1. The van der Waals surface area contributed by atoms with E-state index in [1.165, 1.54) is 49.8 Å². The third kappa shape index (κ3) is 2.46. The van der Waals surface area contributed by atoms with E-state index in [-0.39, 0.29) is 6.04 Å². The van der Waals surface area contributed by atoms with E-state index in [0.29, 0.717) is 5.25 Å². The molecule has 0 spiro atoms. The predicted molar refractivity (Wildman–Crippen MR) is 80.1 cm³/mol. The maximum Gasteiger partial charge on any atom is 0.0418 e. The molecule has 3 rings (SSSR count). The summed E-state index contributed by atoms with van der Waals surface area (Å²) in [5.41, 5.74) is 9.54. The Labute approximate surface area is 115 Å². The molecule has 2 atom stereocenters. The molecule has 1 aromatic carbocycles. The fraction of sp³-hybridized carbons (Fsp3) is 0.625. The minimum atomic E-state index is 0.243. The lowest BCUT2D eigenvalue weighted by atomic mass is 9.77. The molecule has 2 N–H and O–H groups in total. The van der Waals surface area contributed by atoms with Crippen LogP contribution in [0.15, 0.2) is 24.3 Å². The van der Waals surface area contributed by atoms with E-state index >= 15 is 0 Å². The molecule has 2 heteroatoms. The van der Waals surface area contributed by atoms with Gasteiger partial charge in [-0.1, -0.05) is 37.1 Å². The van der Waals surface area contributed by atoms with Gasteiger partial charge in [-0.05, 0) is 48.5 Å². The monoisotopic (exact) mass is 261 g/mol. The van der Waals surface area contributed by atoms with Crippen molar-refractivity contribution < 1.29 is 0 Å². The van der Waals surface area contributed by atoms with E-state index in [9.17, 15) is 0 Å². The van der Waals surface area contributed by atoms with Gasteiger partial charge in [-0.3, -0.25) is 0 Å². The molecule has 2 aliphatic rings. The van der Waals surface area contributed by atoms with Crippen molar-refractivity contribution in [1.82, 2.24) is 0 Å². The van der Waals surface area contributed by atoms with Crippen molar-refractivity contribution in [3.8, 4) is 0 Å². The summed E-state index contributed by atoms with van der Waals surface area (Å²) in [5, 5.41) is 0.639. The van der Waals surface area contributed by atoms with Gasteiger partial charge < -0.3 is 5.73 Å². The fourth-order valence-corrected chi connectivity index (χ4v) is 4.52. The average Bonchev–Trinajstić information content (AvgIpc) is 2.38. The van der Waals surface area contributed by atoms with Crippen LogP contribution in [0.5, 0.6) is 0 Å². The Balaban J connectivity index is 1.81. The molecular formula is C16H23NS. The third-order valence-electron chi connectivity index (χ3n) is 4.52. The number of thioether (sulfide) groups is 1. The molecule has 0 aromatic heterocycles. The van der Waals surface area contributed by atoms with Crippen molar-refractivity contribution in [2.45, 2.75) is 55.7 Å². The largest absolute Gasteiger partial charge is 0.323 e. The zero-order valence-electron chi connectivity index (χ0n) is 11.0. The van der Waals surface area contributed by atoms with Gasteiger partial charge >= 0.3 is 0 Å². The number of hydrogen-bond acceptors (Lipinski definition) is 2. The summed E-state index contributed by atoms with van der Waals surface area (Å²) in [6.45, 7) is 0. The topological polar surface area (TPSA) is 26.0 Å². The Morgan fingerprint density at radius 1 is 1.06 bits per heavy atom. The summed E-state index contributed by atoms with van der Waals surface area (Å²) in [7, 11) is 0. The van der Waals surface area contributed by atoms with E-state index in [2.05, 4.69) is 36.0 Å². The molecule has 1 saturated carbocycles. The molecule has 1 aromatic rings. The lowest BCUT2D eigenvalue weighted by molar-refractivity contribution is 0.414. The van der Waals surface area contributed by atoms with Crippen molar-refractivity contribution in [2.24, 2.45) is 5.73 Å². The van der Waals surface area contributed by atoms with Gasteiger partial charge in [-0.15, -0.1) is 0 Å². The number of benzene rings is 1. The van der Waals surface area contributed by atoms with Crippen molar-refractivity contribution in [3.05, 3.63) is 35.4 Å². The molecule has 1 aliphatic carbocycles. The molecule has 1 saturated heterocycles. The van der Waals surface area contributed by atoms with Crippen LogP contribution in [0.2, 0.25) is 0 Å². The summed E-state index contributed by atoms with van der Waals surface area (Å²) in [4.78, 5) is 0. The predicted octanol–water partition coefficient (Wildman–Crippen LogP) is 4.24. The second-order valence-electron chi connectivity index (χ2n) is 5.69. The quantitative estimate of drug-likeness (QED) is 0.880. The van der Waals surface area contributed by atoms with E-state index in [4.69, 9.17) is 5.73 Å². The number of rotatable bonds is 3. The first kappa shape index (κ1) is 12.6. The highest BCUT2D eigenvalue weighted by atomic mass is 32.2. The highest BCUT2D eigenvalue weighted by Crippen LogP contribution is 2.41. The Kier molecular flexibility index (Phi) is 3.95. The van der Waals surface area contributed by atoms with E-state index in [0.717, 1.165) is 5.92 Å². The molecule has 0 amide bonds. The van der Waals surface area contributed by atoms with Crippen LogP contribution in [-0.4, -0.2) is 11.0 Å². The van der Waals surface area contributed by atoms with Gasteiger partial charge in [-0.25, -0.2) is 0 Å². The molecular weight excluding hydrogens is 238 g/mol. The molecule has 2 fully saturated rings. The number of nitrogens with two attached hydrogens (primary N) is 1. The van der Waals surface area contributed by atoms with Crippen LogP contribution in [0.4, 0.5) is 0 Å².